The number of rotatable bonds is 5. The zero-order valence-corrected chi connectivity index (χ0v) is 12.7. The number of aromatic nitrogens is 4. The second kappa shape index (κ2) is 6.76. The molecule has 0 aliphatic carbocycles. The fourth-order valence-corrected chi connectivity index (χ4v) is 2.22. The number of hydrogen-bond acceptors (Lipinski definition) is 5. The van der Waals surface area contributed by atoms with Crippen molar-refractivity contribution in [1.29, 1.82) is 0 Å². The molecule has 0 atom stereocenters. The van der Waals surface area contributed by atoms with E-state index in [1.54, 1.807) is 0 Å². The first-order valence-electron chi connectivity index (χ1n) is 7.10. The predicted molar refractivity (Wildman–Crippen MR) is 78.0 cm³/mol. The van der Waals surface area contributed by atoms with Gasteiger partial charge in [0.15, 0.2) is 5.69 Å². The van der Waals surface area contributed by atoms with Crippen molar-refractivity contribution >= 4 is 5.82 Å². The lowest BCUT2D eigenvalue weighted by molar-refractivity contribution is -0.141. The molecule has 9 heteroatoms. The molecule has 2 N–H and O–H groups in total. The topological polar surface area (TPSA) is 83.6 Å². The summed E-state index contributed by atoms with van der Waals surface area (Å²) < 4.78 is 37.3. The number of halogens is 3. The first-order valence-corrected chi connectivity index (χ1v) is 7.10. The molecule has 124 valence electrons. The third kappa shape index (κ3) is 3.85. The number of nitrogens with zero attached hydrogens (tertiary/aromatic N) is 3. The fourth-order valence-electron chi connectivity index (χ4n) is 2.22. The van der Waals surface area contributed by atoms with Crippen molar-refractivity contribution in [1.82, 2.24) is 20.4 Å². The molecule has 2 heterocycles. The summed E-state index contributed by atoms with van der Waals surface area (Å²) in [5.41, 5.74) is 0.741. The summed E-state index contributed by atoms with van der Waals surface area (Å²) in [5, 5.41) is 15.9. The van der Waals surface area contributed by atoms with Gasteiger partial charge in [-0.25, -0.2) is 5.10 Å². The third-order valence-electron chi connectivity index (χ3n) is 3.37. The monoisotopic (exact) mass is 327 g/mol. The van der Waals surface area contributed by atoms with Crippen LogP contribution in [-0.2, 0) is 25.6 Å². The lowest BCUT2D eigenvalue weighted by atomic mass is 10.0. The molecule has 2 rings (SSSR count). The van der Waals surface area contributed by atoms with Gasteiger partial charge < -0.3 is 5.32 Å². The summed E-state index contributed by atoms with van der Waals surface area (Å²) >= 11 is 0. The van der Waals surface area contributed by atoms with Crippen molar-refractivity contribution in [2.24, 2.45) is 0 Å². The number of aryl methyl sites for hydroxylation is 1. The smallest absolute Gasteiger partial charge is 0.364 e. The Morgan fingerprint density at radius 2 is 1.87 bits per heavy atom. The van der Waals surface area contributed by atoms with Crippen LogP contribution in [-0.4, -0.2) is 20.4 Å². The number of aromatic amines is 1. The van der Waals surface area contributed by atoms with Crippen molar-refractivity contribution in [3.8, 4) is 0 Å². The third-order valence-corrected chi connectivity index (χ3v) is 3.37. The zero-order valence-electron chi connectivity index (χ0n) is 12.7. The molecule has 6 nitrogen and oxygen atoms in total. The molecular formula is C14H16F3N5O. The molecule has 0 bridgehead atoms. The van der Waals surface area contributed by atoms with Crippen LogP contribution < -0.4 is 10.9 Å². The van der Waals surface area contributed by atoms with E-state index in [0.717, 1.165) is 17.3 Å². The second-order valence-electron chi connectivity index (χ2n) is 4.82. The Balaban J connectivity index is 2.20. The molecule has 0 aliphatic rings. The molecule has 2 aromatic rings. The molecule has 23 heavy (non-hydrogen) atoms. The van der Waals surface area contributed by atoms with Crippen LogP contribution in [0.25, 0.3) is 0 Å². The highest BCUT2D eigenvalue weighted by Gasteiger charge is 2.32. The minimum atomic E-state index is -4.53. The van der Waals surface area contributed by atoms with E-state index in [1.807, 2.05) is 13.8 Å². The normalized spacial score (nSPS) is 11.5. The van der Waals surface area contributed by atoms with Gasteiger partial charge in [0.1, 0.15) is 5.82 Å². The molecular weight excluding hydrogens is 311 g/mol. The highest BCUT2D eigenvalue weighted by Crippen LogP contribution is 2.27. The molecule has 0 aliphatic heterocycles. The van der Waals surface area contributed by atoms with Gasteiger partial charge in [-0.3, -0.25) is 4.79 Å². The number of nitrogens with one attached hydrogen (secondary N) is 2. The maximum absolute atomic E-state index is 12.4. The summed E-state index contributed by atoms with van der Waals surface area (Å²) in [6, 6.07) is 2.02. The van der Waals surface area contributed by atoms with Gasteiger partial charge in [0.05, 0.1) is 5.69 Å². The molecule has 0 amide bonds. The van der Waals surface area contributed by atoms with E-state index in [2.05, 4.69) is 25.7 Å². The lowest BCUT2D eigenvalue weighted by Crippen LogP contribution is -2.22. The van der Waals surface area contributed by atoms with Gasteiger partial charge >= 0.3 is 6.18 Å². The van der Waals surface area contributed by atoms with Crippen LogP contribution in [0.2, 0.25) is 0 Å². The molecule has 0 saturated heterocycles. The maximum Gasteiger partial charge on any atom is 0.435 e. The number of anilines is 1. The van der Waals surface area contributed by atoms with Crippen molar-refractivity contribution in [3.63, 3.8) is 0 Å². The molecule has 0 spiro atoms. The van der Waals surface area contributed by atoms with E-state index < -0.39 is 11.9 Å². The minimum Gasteiger partial charge on any atom is -0.364 e. The highest BCUT2D eigenvalue weighted by atomic mass is 19.4. The van der Waals surface area contributed by atoms with Crippen LogP contribution >= 0.6 is 0 Å². The first-order chi connectivity index (χ1) is 10.9. The van der Waals surface area contributed by atoms with Gasteiger partial charge in [-0.2, -0.15) is 18.3 Å². The van der Waals surface area contributed by atoms with Gasteiger partial charge in [0, 0.05) is 12.1 Å². The Labute approximate surface area is 130 Å². The molecule has 0 saturated carbocycles. The summed E-state index contributed by atoms with van der Waals surface area (Å²) in [4.78, 5) is 11.9. The average molecular weight is 327 g/mol. The van der Waals surface area contributed by atoms with E-state index in [4.69, 9.17) is 0 Å². The van der Waals surface area contributed by atoms with Crippen LogP contribution in [0, 0.1) is 0 Å². The van der Waals surface area contributed by atoms with Crippen molar-refractivity contribution in [2.75, 3.05) is 5.32 Å². The second-order valence-corrected chi connectivity index (χ2v) is 4.82. The highest BCUT2D eigenvalue weighted by molar-refractivity contribution is 5.37. The average Bonchev–Trinajstić information content (AvgIpc) is 2.52. The van der Waals surface area contributed by atoms with Crippen LogP contribution in [0.1, 0.15) is 36.4 Å². The van der Waals surface area contributed by atoms with Gasteiger partial charge in [-0.05, 0) is 30.5 Å². The Morgan fingerprint density at radius 3 is 2.39 bits per heavy atom. The van der Waals surface area contributed by atoms with Gasteiger partial charge in [0.25, 0.3) is 5.56 Å². The summed E-state index contributed by atoms with van der Waals surface area (Å²) in [5.74, 6) is 0.161. The molecule has 0 aromatic carbocycles. The van der Waals surface area contributed by atoms with E-state index in [9.17, 15) is 18.0 Å². The number of hydrogen-bond donors (Lipinski definition) is 2. The first kappa shape index (κ1) is 16.9. The standard InChI is InChI=1S/C14H16F3N5O/c1-3-8-9(13(23)22-19-10(8)4-2)7-18-12-6-5-11(20-21-12)14(15,16)17/h5-6H,3-4,7H2,1-2H3,(H,18,21)(H,22,23). The SMILES string of the molecule is CCc1n[nH]c(=O)c(CNc2ccc(C(F)(F)F)nn2)c1CC. The molecule has 0 fully saturated rings. The van der Waals surface area contributed by atoms with Gasteiger partial charge in [0.2, 0.25) is 0 Å². The Morgan fingerprint density at radius 1 is 1.13 bits per heavy atom. The Kier molecular flexibility index (Phi) is 4.97. The largest absolute Gasteiger partial charge is 0.435 e. The lowest BCUT2D eigenvalue weighted by Gasteiger charge is -2.11. The van der Waals surface area contributed by atoms with E-state index in [1.165, 1.54) is 6.07 Å². The summed E-state index contributed by atoms with van der Waals surface area (Å²) in [6.45, 7) is 3.98. The van der Waals surface area contributed by atoms with Crippen LogP contribution in [0.15, 0.2) is 16.9 Å². The molecule has 0 radical (unpaired) electrons. The summed E-state index contributed by atoms with van der Waals surface area (Å²) in [7, 11) is 0. The predicted octanol–water partition coefficient (Wildman–Crippen LogP) is 2.32. The minimum absolute atomic E-state index is 0.133. The van der Waals surface area contributed by atoms with Crippen LogP contribution in [0.3, 0.4) is 0 Å². The van der Waals surface area contributed by atoms with Crippen molar-refractivity contribution in [2.45, 2.75) is 39.4 Å². The van der Waals surface area contributed by atoms with Crippen molar-refractivity contribution < 1.29 is 13.2 Å². The van der Waals surface area contributed by atoms with E-state index in [0.29, 0.717) is 18.4 Å². The van der Waals surface area contributed by atoms with Crippen LogP contribution in [0.5, 0.6) is 0 Å². The van der Waals surface area contributed by atoms with Gasteiger partial charge in [-0.1, -0.05) is 13.8 Å². The van der Waals surface area contributed by atoms with E-state index >= 15 is 0 Å². The quantitative estimate of drug-likeness (QED) is 0.880. The van der Waals surface area contributed by atoms with Crippen LogP contribution in [0.4, 0.5) is 19.0 Å². The fraction of sp³-hybridized carbons (Fsp3) is 0.429. The van der Waals surface area contributed by atoms with Gasteiger partial charge in [-0.15, -0.1) is 10.2 Å². The van der Waals surface area contributed by atoms with Crippen molar-refractivity contribution in [3.05, 3.63) is 45.0 Å². The molecule has 2 aromatic heterocycles. The number of H-pyrrole nitrogens is 1. The maximum atomic E-state index is 12.4. The Hall–Kier alpha value is -2.45. The zero-order chi connectivity index (χ0) is 17.0. The number of alkyl halides is 3. The molecule has 0 unspecified atom stereocenters. The Bertz CT molecular complexity index is 725. The summed E-state index contributed by atoms with van der Waals surface area (Å²) in [6.07, 6.45) is -3.22. The van der Waals surface area contributed by atoms with E-state index in [-0.39, 0.29) is 17.9 Å².